The number of rotatable bonds is 1. The van der Waals surface area contributed by atoms with E-state index in [2.05, 4.69) is 10.2 Å². The molecule has 2 aliphatic rings. The van der Waals surface area contributed by atoms with Crippen molar-refractivity contribution in [3.63, 3.8) is 0 Å². The van der Waals surface area contributed by atoms with Gasteiger partial charge >= 0.3 is 12.1 Å². The van der Waals surface area contributed by atoms with Crippen molar-refractivity contribution in [2.24, 2.45) is 0 Å². The molecule has 0 aromatic carbocycles. The zero-order valence-corrected chi connectivity index (χ0v) is 11.1. The Labute approximate surface area is 115 Å². The molecule has 8 heteroatoms. The van der Waals surface area contributed by atoms with Gasteiger partial charge < -0.3 is 15.3 Å². The van der Waals surface area contributed by atoms with E-state index in [9.17, 15) is 18.0 Å². The lowest BCUT2D eigenvalue weighted by Gasteiger charge is -2.37. The second-order valence-electron chi connectivity index (χ2n) is 4.86. The minimum absolute atomic E-state index is 0.304. The molecule has 1 saturated carbocycles. The molecule has 2 fully saturated rings. The minimum Gasteiger partial charge on any atom is -0.475 e. The van der Waals surface area contributed by atoms with Gasteiger partial charge in [0.25, 0.3) is 0 Å². The second-order valence-corrected chi connectivity index (χ2v) is 4.86. The first-order valence-electron chi connectivity index (χ1n) is 6.62. The third kappa shape index (κ3) is 5.36. The molecule has 0 unspecified atom stereocenters. The molecule has 1 heterocycles. The van der Waals surface area contributed by atoms with Gasteiger partial charge in [0, 0.05) is 19.1 Å². The van der Waals surface area contributed by atoms with Gasteiger partial charge in [-0.3, -0.25) is 4.79 Å². The van der Waals surface area contributed by atoms with Crippen LogP contribution >= 0.6 is 0 Å². The number of piperazine rings is 1. The number of hydrogen-bond donors (Lipinski definition) is 2. The van der Waals surface area contributed by atoms with Crippen molar-refractivity contribution < 1.29 is 27.9 Å². The van der Waals surface area contributed by atoms with E-state index in [1.807, 2.05) is 0 Å². The number of halogens is 3. The van der Waals surface area contributed by atoms with Gasteiger partial charge in [-0.2, -0.15) is 13.2 Å². The number of hydrogen-bond acceptors (Lipinski definition) is 3. The van der Waals surface area contributed by atoms with Crippen LogP contribution in [0.5, 0.6) is 0 Å². The third-order valence-electron chi connectivity index (χ3n) is 3.38. The SMILES string of the molecule is O=C(O)C(F)(F)F.O=C1CNCCN1C1CCCCC1. The van der Waals surface area contributed by atoms with Gasteiger partial charge in [-0.1, -0.05) is 19.3 Å². The predicted molar refractivity (Wildman–Crippen MR) is 65.1 cm³/mol. The Morgan fingerprint density at radius 2 is 1.80 bits per heavy atom. The highest BCUT2D eigenvalue weighted by Crippen LogP contribution is 2.22. The Bertz CT molecular complexity index is 341. The number of alkyl halides is 3. The summed E-state index contributed by atoms with van der Waals surface area (Å²) in [6, 6.07) is 0.559. The van der Waals surface area contributed by atoms with Gasteiger partial charge in [0.2, 0.25) is 5.91 Å². The van der Waals surface area contributed by atoms with Crippen LogP contribution in [0, 0.1) is 0 Å². The van der Waals surface area contributed by atoms with Gasteiger partial charge in [0.1, 0.15) is 0 Å². The summed E-state index contributed by atoms with van der Waals surface area (Å²) in [7, 11) is 0. The molecule has 1 aliphatic carbocycles. The summed E-state index contributed by atoms with van der Waals surface area (Å²) in [5.41, 5.74) is 0. The van der Waals surface area contributed by atoms with Crippen molar-refractivity contribution in [3.8, 4) is 0 Å². The molecule has 0 aromatic heterocycles. The maximum absolute atomic E-state index is 11.6. The summed E-state index contributed by atoms with van der Waals surface area (Å²) in [4.78, 5) is 22.5. The zero-order chi connectivity index (χ0) is 15.2. The Morgan fingerprint density at radius 3 is 2.25 bits per heavy atom. The van der Waals surface area contributed by atoms with Gasteiger partial charge in [0.05, 0.1) is 6.54 Å². The smallest absolute Gasteiger partial charge is 0.475 e. The number of aliphatic carboxylic acids is 1. The van der Waals surface area contributed by atoms with E-state index < -0.39 is 12.1 Å². The highest BCUT2D eigenvalue weighted by atomic mass is 19.4. The lowest BCUT2D eigenvalue weighted by molar-refractivity contribution is -0.192. The molecular weight excluding hydrogens is 277 g/mol. The van der Waals surface area contributed by atoms with Crippen LogP contribution in [-0.4, -0.2) is 53.7 Å². The summed E-state index contributed by atoms with van der Waals surface area (Å²) < 4.78 is 31.7. The topological polar surface area (TPSA) is 69.6 Å². The van der Waals surface area contributed by atoms with Crippen molar-refractivity contribution in [1.29, 1.82) is 0 Å². The maximum atomic E-state index is 11.6. The first-order chi connectivity index (χ1) is 9.32. The number of nitrogens with zero attached hydrogens (tertiary/aromatic N) is 1. The Kier molecular flexibility index (Phi) is 6.25. The monoisotopic (exact) mass is 296 g/mol. The number of carbonyl (C=O) groups excluding carboxylic acids is 1. The van der Waals surface area contributed by atoms with Crippen LogP contribution < -0.4 is 5.32 Å². The van der Waals surface area contributed by atoms with E-state index in [0.29, 0.717) is 18.5 Å². The van der Waals surface area contributed by atoms with Gasteiger partial charge in [-0.25, -0.2) is 4.79 Å². The molecule has 2 N–H and O–H groups in total. The summed E-state index contributed by atoms with van der Waals surface area (Å²) in [5, 5.41) is 10.2. The quantitative estimate of drug-likeness (QED) is 0.767. The molecule has 116 valence electrons. The highest BCUT2D eigenvalue weighted by Gasteiger charge is 2.38. The number of nitrogens with one attached hydrogen (secondary N) is 1. The Balaban J connectivity index is 0.000000246. The van der Waals surface area contributed by atoms with Gasteiger partial charge in [-0.15, -0.1) is 0 Å². The van der Waals surface area contributed by atoms with Crippen LogP contribution in [0.2, 0.25) is 0 Å². The van der Waals surface area contributed by atoms with Crippen LogP contribution in [0.3, 0.4) is 0 Å². The Hall–Kier alpha value is -1.31. The number of amides is 1. The summed E-state index contributed by atoms with van der Waals surface area (Å²) in [6.45, 7) is 2.45. The largest absolute Gasteiger partial charge is 0.490 e. The lowest BCUT2D eigenvalue weighted by Crippen LogP contribution is -2.52. The van der Waals surface area contributed by atoms with E-state index in [-0.39, 0.29) is 0 Å². The van der Waals surface area contributed by atoms with E-state index in [0.717, 1.165) is 13.1 Å². The number of carbonyl (C=O) groups is 2. The minimum atomic E-state index is -5.08. The maximum Gasteiger partial charge on any atom is 0.490 e. The third-order valence-corrected chi connectivity index (χ3v) is 3.38. The molecule has 0 radical (unpaired) electrons. The summed E-state index contributed by atoms with van der Waals surface area (Å²) in [6.07, 6.45) is 1.35. The summed E-state index contributed by atoms with van der Waals surface area (Å²) >= 11 is 0. The highest BCUT2D eigenvalue weighted by molar-refractivity contribution is 5.79. The Morgan fingerprint density at radius 1 is 1.25 bits per heavy atom. The summed E-state index contributed by atoms with van der Waals surface area (Å²) in [5.74, 6) is -2.45. The molecule has 2 rings (SSSR count). The molecular formula is C12H19F3N2O3. The second kappa shape index (κ2) is 7.47. The predicted octanol–water partition coefficient (Wildman–Crippen LogP) is 1.38. The van der Waals surface area contributed by atoms with Crippen molar-refractivity contribution >= 4 is 11.9 Å². The normalized spacial score (nSPS) is 21.1. The molecule has 1 aliphatic heterocycles. The molecule has 0 bridgehead atoms. The average Bonchev–Trinajstić information content (AvgIpc) is 2.40. The fourth-order valence-corrected chi connectivity index (χ4v) is 2.40. The van der Waals surface area contributed by atoms with Crippen molar-refractivity contribution in [3.05, 3.63) is 0 Å². The number of carboxylic acid groups (broad SMARTS) is 1. The molecule has 1 saturated heterocycles. The molecule has 0 atom stereocenters. The average molecular weight is 296 g/mol. The van der Waals surface area contributed by atoms with Crippen LogP contribution in [0.1, 0.15) is 32.1 Å². The molecule has 0 spiro atoms. The standard InChI is InChI=1S/C10H18N2O.C2HF3O2/c13-10-8-11-6-7-12(10)9-4-2-1-3-5-9;3-2(4,5)1(6)7/h9,11H,1-8H2;(H,6,7). The van der Waals surface area contributed by atoms with Crippen LogP contribution in [0.4, 0.5) is 13.2 Å². The number of carboxylic acids is 1. The van der Waals surface area contributed by atoms with Gasteiger partial charge in [-0.05, 0) is 12.8 Å². The van der Waals surface area contributed by atoms with E-state index in [1.54, 1.807) is 0 Å². The van der Waals surface area contributed by atoms with Crippen molar-refractivity contribution in [1.82, 2.24) is 10.2 Å². The lowest BCUT2D eigenvalue weighted by atomic mass is 9.94. The van der Waals surface area contributed by atoms with Crippen molar-refractivity contribution in [2.75, 3.05) is 19.6 Å². The van der Waals surface area contributed by atoms with E-state index in [1.165, 1.54) is 32.1 Å². The molecule has 5 nitrogen and oxygen atoms in total. The van der Waals surface area contributed by atoms with Crippen LogP contribution in [-0.2, 0) is 9.59 Å². The molecule has 1 amide bonds. The molecule has 0 aromatic rings. The van der Waals surface area contributed by atoms with Gasteiger partial charge in [0.15, 0.2) is 0 Å². The fourth-order valence-electron chi connectivity index (χ4n) is 2.40. The first kappa shape index (κ1) is 16.7. The van der Waals surface area contributed by atoms with Crippen LogP contribution in [0.25, 0.3) is 0 Å². The molecule has 20 heavy (non-hydrogen) atoms. The van der Waals surface area contributed by atoms with E-state index >= 15 is 0 Å². The fraction of sp³-hybridized carbons (Fsp3) is 0.833. The van der Waals surface area contributed by atoms with Crippen LogP contribution in [0.15, 0.2) is 0 Å². The van der Waals surface area contributed by atoms with E-state index in [4.69, 9.17) is 9.90 Å². The van der Waals surface area contributed by atoms with Crippen molar-refractivity contribution in [2.45, 2.75) is 44.3 Å². The zero-order valence-electron chi connectivity index (χ0n) is 11.1. The first-order valence-corrected chi connectivity index (χ1v) is 6.62.